The Bertz CT molecular complexity index is 347. The van der Waals surface area contributed by atoms with E-state index >= 15 is 0 Å². The number of rotatable bonds is 4. The number of hydrogen-bond acceptors (Lipinski definition) is 0. The van der Waals surface area contributed by atoms with Crippen molar-refractivity contribution < 1.29 is 0 Å². The summed E-state index contributed by atoms with van der Waals surface area (Å²) in [4.78, 5) is 0. The second-order valence-corrected chi connectivity index (χ2v) is 7.41. The highest BCUT2D eigenvalue weighted by atomic mass is 14.4. The van der Waals surface area contributed by atoms with Crippen molar-refractivity contribution in [1.29, 1.82) is 0 Å². The van der Waals surface area contributed by atoms with E-state index < -0.39 is 0 Å². The summed E-state index contributed by atoms with van der Waals surface area (Å²) < 4.78 is 0. The van der Waals surface area contributed by atoms with Crippen LogP contribution in [-0.4, -0.2) is 7.28 Å². The Morgan fingerprint density at radius 1 is 1.37 bits per heavy atom. The third kappa shape index (κ3) is 3.55. The Morgan fingerprint density at radius 2 is 2.11 bits per heavy atom. The maximum absolute atomic E-state index is 4.22. The molecule has 1 radical (unpaired) electrons. The highest BCUT2D eigenvalue weighted by Gasteiger charge is 2.52. The molecule has 2 heterocycles. The van der Waals surface area contributed by atoms with E-state index in [1.165, 1.54) is 56.9 Å². The lowest BCUT2D eigenvalue weighted by Crippen LogP contribution is -2.44. The second-order valence-electron chi connectivity index (χ2n) is 7.41. The lowest BCUT2D eigenvalue weighted by Gasteiger charge is -2.55. The first-order valence-electron chi connectivity index (χ1n) is 8.16. The Balaban J connectivity index is 2.02. The Hall–Kier alpha value is -0.455. The lowest BCUT2D eigenvalue weighted by molar-refractivity contribution is 0.297. The monoisotopic (exact) mass is 257 g/mol. The fourth-order valence-corrected chi connectivity index (χ4v) is 4.48. The largest absolute Gasteiger partial charge is 0.126 e. The van der Waals surface area contributed by atoms with Crippen molar-refractivity contribution in [2.24, 2.45) is 5.92 Å². The van der Waals surface area contributed by atoms with Crippen LogP contribution in [0, 0.1) is 5.92 Å². The van der Waals surface area contributed by atoms with Gasteiger partial charge in [0.1, 0.15) is 7.28 Å². The summed E-state index contributed by atoms with van der Waals surface area (Å²) in [5, 5.41) is 1.01. The molecule has 0 aromatic carbocycles. The first-order valence-corrected chi connectivity index (χ1v) is 8.16. The molecule has 0 amide bonds. The van der Waals surface area contributed by atoms with Gasteiger partial charge in [0.05, 0.1) is 0 Å². The predicted octanol–water partition coefficient (Wildman–Crippen LogP) is 5.94. The molecule has 3 fully saturated rings. The summed E-state index contributed by atoms with van der Waals surface area (Å²) in [6, 6.07) is 0. The molecule has 1 heteroatoms. The van der Waals surface area contributed by atoms with Crippen molar-refractivity contribution >= 4 is 7.28 Å². The van der Waals surface area contributed by atoms with Crippen LogP contribution >= 0.6 is 0 Å². The second kappa shape index (κ2) is 5.89. The van der Waals surface area contributed by atoms with E-state index in [1.54, 1.807) is 0 Å². The van der Waals surface area contributed by atoms with Gasteiger partial charge in [-0.3, -0.25) is 0 Å². The van der Waals surface area contributed by atoms with Crippen molar-refractivity contribution in [3.05, 3.63) is 24.3 Å². The van der Waals surface area contributed by atoms with Crippen molar-refractivity contribution in [2.45, 2.75) is 82.8 Å². The molecule has 1 saturated carbocycles. The van der Waals surface area contributed by atoms with Gasteiger partial charge in [-0.15, -0.1) is 0 Å². The maximum Gasteiger partial charge on any atom is 0.126 e. The zero-order valence-electron chi connectivity index (χ0n) is 13.2. The first kappa shape index (κ1) is 14.9. The molecule has 3 aliphatic rings. The summed E-state index contributed by atoms with van der Waals surface area (Å²) in [7, 11) is 2.71. The molecule has 2 aliphatic heterocycles. The van der Waals surface area contributed by atoms with E-state index in [1.807, 2.05) is 0 Å². The van der Waals surface area contributed by atoms with Crippen LogP contribution in [0.1, 0.15) is 72.1 Å². The molecular weight excluding hydrogens is 227 g/mol. The minimum atomic E-state index is 0.480. The fraction of sp³-hybridized carbons (Fsp3) is 0.778. The number of hydrogen-bond donors (Lipinski definition) is 0. The van der Waals surface area contributed by atoms with Gasteiger partial charge < -0.3 is 0 Å². The van der Waals surface area contributed by atoms with Crippen LogP contribution in [0.25, 0.3) is 0 Å². The Kier molecular flexibility index (Phi) is 4.64. The van der Waals surface area contributed by atoms with Crippen molar-refractivity contribution in [1.82, 2.24) is 0 Å². The summed E-state index contributed by atoms with van der Waals surface area (Å²) in [6.45, 7) is 11.1. The SMILES string of the molecule is C=C(C)C1CCCCC2(CC=CCC)[B]C(C)(C1)C2. The van der Waals surface area contributed by atoms with Gasteiger partial charge in [-0.05, 0) is 38.5 Å². The Labute approximate surface area is 121 Å². The van der Waals surface area contributed by atoms with Gasteiger partial charge in [0.15, 0.2) is 0 Å². The molecule has 0 spiro atoms. The third-order valence-corrected chi connectivity index (χ3v) is 5.22. The molecule has 1 aliphatic carbocycles. The lowest BCUT2D eigenvalue weighted by atomic mass is 9.22. The molecule has 2 bridgehead atoms. The van der Waals surface area contributed by atoms with E-state index in [4.69, 9.17) is 0 Å². The summed E-state index contributed by atoms with van der Waals surface area (Å²) in [5.41, 5.74) is 1.40. The van der Waals surface area contributed by atoms with Crippen LogP contribution in [0.4, 0.5) is 0 Å². The fourth-order valence-electron chi connectivity index (χ4n) is 4.48. The molecule has 0 nitrogen and oxygen atoms in total. The van der Waals surface area contributed by atoms with Gasteiger partial charge in [-0.2, -0.15) is 0 Å². The molecule has 105 valence electrons. The van der Waals surface area contributed by atoms with E-state index in [0.717, 1.165) is 5.92 Å². The maximum atomic E-state index is 4.22. The molecule has 2 saturated heterocycles. The highest BCUT2D eigenvalue weighted by Crippen LogP contribution is 2.66. The molecular formula is C18H30B. The van der Waals surface area contributed by atoms with Crippen LogP contribution in [0.5, 0.6) is 0 Å². The zero-order chi connectivity index (χ0) is 13.9. The highest BCUT2D eigenvalue weighted by molar-refractivity contribution is 6.48. The quantitative estimate of drug-likeness (QED) is 0.431. The molecule has 3 atom stereocenters. The van der Waals surface area contributed by atoms with Crippen molar-refractivity contribution in [3.8, 4) is 0 Å². The van der Waals surface area contributed by atoms with Crippen molar-refractivity contribution in [3.63, 3.8) is 0 Å². The third-order valence-electron chi connectivity index (χ3n) is 5.22. The molecule has 3 rings (SSSR count). The average Bonchev–Trinajstić information content (AvgIpc) is 2.41. The molecule has 0 aromatic heterocycles. The van der Waals surface area contributed by atoms with Gasteiger partial charge in [0, 0.05) is 0 Å². The predicted molar refractivity (Wildman–Crippen MR) is 86.9 cm³/mol. The molecule has 0 N–H and O–H groups in total. The van der Waals surface area contributed by atoms with Crippen molar-refractivity contribution in [2.75, 3.05) is 0 Å². The van der Waals surface area contributed by atoms with Crippen LogP contribution in [0.2, 0.25) is 10.6 Å². The zero-order valence-corrected chi connectivity index (χ0v) is 13.2. The normalized spacial score (nSPS) is 38.8. The van der Waals surface area contributed by atoms with Gasteiger partial charge >= 0.3 is 0 Å². The van der Waals surface area contributed by atoms with E-state index in [0.29, 0.717) is 10.6 Å². The van der Waals surface area contributed by atoms with E-state index in [9.17, 15) is 0 Å². The minimum Gasteiger partial charge on any atom is -0.0999 e. The molecule has 0 aromatic rings. The summed E-state index contributed by atoms with van der Waals surface area (Å²) >= 11 is 0. The van der Waals surface area contributed by atoms with Crippen LogP contribution < -0.4 is 0 Å². The Morgan fingerprint density at radius 3 is 2.74 bits per heavy atom. The summed E-state index contributed by atoms with van der Waals surface area (Å²) in [6.07, 6.45) is 15.5. The first-order chi connectivity index (χ1) is 8.99. The molecule has 19 heavy (non-hydrogen) atoms. The topological polar surface area (TPSA) is 0 Å². The average molecular weight is 257 g/mol. The van der Waals surface area contributed by atoms with Crippen LogP contribution in [0.15, 0.2) is 24.3 Å². The minimum absolute atomic E-state index is 0.480. The number of allylic oxidation sites excluding steroid dienone is 3. The van der Waals surface area contributed by atoms with E-state index in [2.05, 4.69) is 46.8 Å². The molecule has 3 unspecified atom stereocenters. The van der Waals surface area contributed by atoms with Gasteiger partial charge in [0.25, 0.3) is 0 Å². The van der Waals surface area contributed by atoms with Crippen LogP contribution in [0.3, 0.4) is 0 Å². The summed E-state index contributed by atoms with van der Waals surface area (Å²) in [5.74, 6) is 0.753. The standard InChI is InChI=1S/C18H30B/c1-5-6-8-11-18-12-9-7-10-16(15(2)3)13-17(4,14-18)19-18/h6,8,16H,2,5,7,9-14H2,1,3-4H3. The van der Waals surface area contributed by atoms with E-state index in [-0.39, 0.29) is 0 Å². The van der Waals surface area contributed by atoms with Gasteiger partial charge in [-0.1, -0.05) is 74.5 Å². The van der Waals surface area contributed by atoms with Gasteiger partial charge in [0.2, 0.25) is 0 Å². The smallest absolute Gasteiger partial charge is 0.0999 e. The van der Waals surface area contributed by atoms with Gasteiger partial charge in [-0.25, -0.2) is 0 Å². The number of fused-ring (bicyclic) bond motifs is 5. The van der Waals surface area contributed by atoms with Crippen LogP contribution in [-0.2, 0) is 0 Å².